The molecular formula is C8H4Br2N2O2. The number of primary amides is 1. The van der Waals surface area contributed by atoms with Gasteiger partial charge in [0.2, 0.25) is 0 Å². The van der Waals surface area contributed by atoms with Gasteiger partial charge in [-0.2, -0.15) is 0 Å². The number of carbonyl (C=O) groups is 1. The van der Waals surface area contributed by atoms with E-state index in [1.54, 1.807) is 12.1 Å². The van der Waals surface area contributed by atoms with E-state index in [0.29, 0.717) is 14.8 Å². The molecular weight excluding hydrogens is 316 g/mol. The van der Waals surface area contributed by atoms with Crippen molar-refractivity contribution in [3.8, 4) is 0 Å². The van der Waals surface area contributed by atoms with Crippen LogP contribution in [0.1, 0.15) is 10.6 Å². The molecule has 1 amide bonds. The first-order valence-corrected chi connectivity index (χ1v) is 5.22. The molecule has 0 bridgehead atoms. The predicted molar refractivity (Wildman–Crippen MR) is 57.9 cm³/mol. The lowest BCUT2D eigenvalue weighted by Gasteiger charge is -1.92. The lowest BCUT2D eigenvalue weighted by molar-refractivity contribution is 0.0976. The Morgan fingerprint density at radius 1 is 1.43 bits per heavy atom. The van der Waals surface area contributed by atoms with Gasteiger partial charge in [0.15, 0.2) is 15.9 Å². The SMILES string of the molecule is NC(=O)c1cc2cc(Br)nc(Br)c2o1. The highest BCUT2D eigenvalue weighted by Crippen LogP contribution is 2.27. The van der Waals surface area contributed by atoms with Gasteiger partial charge < -0.3 is 10.2 Å². The van der Waals surface area contributed by atoms with E-state index in [-0.39, 0.29) is 5.76 Å². The van der Waals surface area contributed by atoms with Gasteiger partial charge in [-0.3, -0.25) is 4.79 Å². The molecule has 72 valence electrons. The number of rotatable bonds is 1. The van der Waals surface area contributed by atoms with Crippen molar-refractivity contribution in [2.45, 2.75) is 0 Å². The maximum atomic E-state index is 10.8. The smallest absolute Gasteiger partial charge is 0.284 e. The zero-order valence-electron chi connectivity index (χ0n) is 6.75. The van der Waals surface area contributed by atoms with Gasteiger partial charge in [0.25, 0.3) is 5.91 Å². The van der Waals surface area contributed by atoms with Gasteiger partial charge in [-0.1, -0.05) is 0 Å². The molecule has 4 nitrogen and oxygen atoms in total. The summed E-state index contributed by atoms with van der Waals surface area (Å²) in [5.41, 5.74) is 5.60. The first-order valence-electron chi connectivity index (χ1n) is 3.63. The Balaban J connectivity index is 2.76. The summed E-state index contributed by atoms with van der Waals surface area (Å²) in [7, 11) is 0. The standard InChI is InChI=1S/C8H4Br2N2O2/c9-5-2-3-1-4(8(11)13)14-6(3)7(10)12-5/h1-2H,(H2,11,13). The van der Waals surface area contributed by atoms with Gasteiger partial charge in [0.05, 0.1) is 0 Å². The van der Waals surface area contributed by atoms with Crippen LogP contribution < -0.4 is 5.73 Å². The number of furan rings is 1. The summed E-state index contributed by atoms with van der Waals surface area (Å²) >= 11 is 6.45. The van der Waals surface area contributed by atoms with E-state index < -0.39 is 5.91 Å². The number of aromatic nitrogens is 1. The molecule has 0 spiro atoms. The quantitative estimate of drug-likeness (QED) is 0.821. The molecule has 2 aromatic rings. The number of fused-ring (bicyclic) bond motifs is 1. The molecule has 0 radical (unpaired) electrons. The third-order valence-electron chi connectivity index (χ3n) is 1.67. The van der Waals surface area contributed by atoms with Crippen molar-refractivity contribution < 1.29 is 9.21 Å². The minimum Gasteiger partial charge on any atom is -0.448 e. The summed E-state index contributed by atoms with van der Waals surface area (Å²) in [4.78, 5) is 14.9. The van der Waals surface area contributed by atoms with Gasteiger partial charge in [-0.25, -0.2) is 4.98 Å². The number of hydrogen-bond acceptors (Lipinski definition) is 3. The number of nitrogens with two attached hydrogens (primary N) is 1. The molecule has 0 saturated carbocycles. The van der Waals surface area contributed by atoms with Gasteiger partial charge in [0.1, 0.15) is 4.60 Å². The minimum absolute atomic E-state index is 0.126. The normalized spacial score (nSPS) is 10.7. The minimum atomic E-state index is -0.593. The number of carbonyl (C=O) groups excluding carboxylic acids is 1. The van der Waals surface area contributed by atoms with E-state index in [0.717, 1.165) is 5.39 Å². The molecule has 0 aliphatic heterocycles. The summed E-state index contributed by atoms with van der Waals surface area (Å²) < 4.78 is 6.41. The van der Waals surface area contributed by atoms with Crippen LogP contribution in [0.2, 0.25) is 0 Å². The Morgan fingerprint density at radius 3 is 2.79 bits per heavy atom. The molecule has 2 aromatic heterocycles. The first kappa shape index (κ1) is 9.67. The van der Waals surface area contributed by atoms with E-state index in [1.165, 1.54) is 0 Å². The lowest BCUT2D eigenvalue weighted by atomic mass is 10.3. The Kier molecular flexibility index (Phi) is 2.32. The van der Waals surface area contributed by atoms with Crippen LogP contribution >= 0.6 is 31.9 Å². The van der Waals surface area contributed by atoms with Crippen LogP contribution in [0.25, 0.3) is 11.0 Å². The maximum absolute atomic E-state index is 10.8. The highest BCUT2D eigenvalue weighted by Gasteiger charge is 2.12. The maximum Gasteiger partial charge on any atom is 0.284 e. The average molecular weight is 320 g/mol. The fourth-order valence-electron chi connectivity index (χ4n) is 1.10. The van der Waals surface area contributed by atoms with Gasteiger partial charge >= 0.3 is 0 Å². The zero-order valence-corrected chi connectivity index (χ0v) is 9.92. The van der Waals surface area contributed by atoms with Crippen molar-refractivity contribution in [1.29, 1.82) is 0 Å². The molecule has 0 unspecified atom stereocenters. The molecule has 0 fully saturated rings. The van der Waals surface area contributed by atoms with Crippen molar-refractivity contribution in [3.63, 3.8) is 0 Å². The van der Waals surface area contributed by atoms with E-state index in [4.69, 9.17) is 10.2 Å². The lowest BCUT2D eigenvalue weighted by Crippen LogP contribution is -2.08. The molecule has 0 aromatic carbocycles. The van der Waals surface area contributed by atoms with E-state index in [9.17, 15) is 4.79 Å². The molecule has 6 heteroatoms. The summed E-state index contributed by atoms with van der Waals surface area (Å²) in [6.45, 7) is 0. The van der Waals surface area contributed by atoms with E-state index >= 15 is 0 Å². The van der Waals surface area contributed by atoms with Crippen molar-refractivity contribution in [1.82, 2.24) is 4.98 Å². The van der Waals surface area contributed by atoms with Crippen LogP contribution in [-0.4, -0.2) is 10.9 Å². The van der Waals surface area contributed by atoms with Crippen LogP contribution in [0.3, 0.4) is 0 Å². The van der Waals surface area contributed by atoms with Crippen molar-refractivity contribution in [2.75, 3.05) is 0 Å². The first-order chi connectivity index (χ1) is 6.58. The van der Waals surface area contributed by atoms with Crippen molar-refractivity contribution in [3.05, 3.63) is 27.1 Å². The van der Waals surface area contributed by atoms with Crippen LogP contribution in [0.5, 0.6) is 0 Å². The molecule has 0 saturated heterocycles. The zero-order chi connectivity index (χ0) is 10.3. The largest absolute Gasteiger partial charge is 0.448 e. The summed E-state index contributed by atoms with van der Waals surface area (Å²) in [5.74, 6) is -0.468. The van der Waals surface area contributed by atoms with Crippen LogP contribution in [-0.2, 0) is 0 Å². The van der Waals surface area contributed by atoms with Crippen molar-refractivity contribution in [2.24, 2.45) is 5.73 Å². The topological polar surface area (TPSA) is 69.1 Å². The summed E-state index contributed by atoms with van der Waals surface area (Å²) in [6.07, 6.45) is 0. The molecule has 14 heavy (non-hydrogen) atoms. The van der Waals surface area contributed by atoms with Gasteiger partial charge in [-0.15, -0.1) is 0 Å². The highest BCUT2D eigenvalue weighted by atomic mass is 79.9. The second-order valence-corrected chi connectivity index (χ2v) is 4.19. The Labute approximate surface area is 95.7 Å². The second kappa shape index (κ2) is 3.36. The fourth-order valence-corrected chi connectivity index (χ4v) is 2.26. The van der Waals surface area contributed by atoms with Crippen LogP contribution in [0.4, 0.5) is 0 Å². The Hall–Kier alpha value is -0.880. The average Bonchev–Trinajstić information content (AvgIpc) is 2.47. The Bertz CT molecular complexity index is 521. The van der Waals surface area contributed by atoms with E-state index in [1.807, 2.05) is 0 Å². The molecule has 0 aliphatic rings. The monoisotopic (exact) mass is 318 g/mol. The second-order valence-electron chi connectivity index (χ2n) is 2.63. The number of pyridine rings is 1. The Morgan fingerprint density at radius 2 is 2.14 bits per heavy atom. The van der Waals surface area contributed by atoms with Crippen LogP contribution in [0, 0.1) is 0 Å². The number of nitrogens with zero attached hydrogens (tertiary/aromatic N) is 1. The van der Waals surface area contributed by atoms with E-state index in [2.05, 4.69) is 36.8 Å². The summed E-state index contributed by atoms with van der Waals surface area (Å²) in [6, 6.07) is 3.32. The molecule has 2 rings (SSSR count). The van der Waals surface area contributed by atoms with Crippen molar-refractivity contribution >= 4 is 48.7 Å². The van der Waals surface area contributed by atoms with Gasteiger partial charge in [0, 0.05) is 5.39 Å². The predicted octanol–water partition coefficient (Wildman–Crippen LogP) is 2.45. The number of halogens is 2. The number of hydrogen-bond donors (Lipinski definition) is 1. The summed E-state index contributed by atoms with van der Waals surface area (Å²) in [5, 5.41) is 0.771. The van der Waals surface area contributed by atoms with Gasteiger partial charge in [-0.05, 0) is 44.0 Å². The highest BCUT2D eigenvalue weighted by molar-refractivity contribution is 9.11. The third-order valence-corrected chi connectivity index (χ3v) is 2.61. The number of amides is 1. The molecule has 2 N–H and O–H groups in total. The molecule has 0 aliphatic carbocycles. The fraction of sp³-hybridized carbons (Fsp3) is 0. The van der Waals surface area contributed by atoms with Crippen LogP contribution in [0.15, 0.2) is 25.8 Å². The third kappa shape index (κ3) is 1.55. The molecule has 0 atom stereocenters. The molecule has 2 heterocycles.